The number of carbonyl (C=O) groups is 1. The van der Waals surface area contributed by atoms with Gasteiger partial charge in [-0.25, -0.2) is 0 Å². The normalized spacial score (nSPS) is 11.1. The molecule has 3 heteroatoms. The predicted octanol–water partition coefficient (Wildman–Crippen LogP) is 4.35. The summed E-state index contributed by atoms with van der Waals surface area (Å²) < 4.78 is 0. The van der Waals surface area contributed by atoms with E-state index in [2.05, 4.69) is 31.3 Å². The first kappa shape index (κ1) is 15.8. The number of nitrogens with one attached hydrogen (secondary N) is 1. The lowest BCUT2D eigenvalue weighted by atomic mass is 10.0. The summed E-state index contributed by atoms with van der Waals surface area (Å²) in [5, 5.41) is 2.85. The van der Waals surface area contributed by atoms with E-state index < -0.39 is 0 Å². The lowest BCUT2D eigenvalue weighted by molar-refractivity contribution is -0.111. The number of nitrogen functional groups attached to an aromatic ring is 1. The summed E-state index contributed by atoms with van der Waals surface area (Å²) in [5.41, 5.74) is 10.4. The Hall–Kier alpha value is -2.55. The van der Waals surface area contributed by atoms with Crippen LogP contribution in [0.15, 0.2) is 48.5 Å². The molecule has 0 radical (unpaired) electrons. The SMILES string of the molecule is Cc1ccc(N)cc1NC(=O)/C=C/c1ccc(C(C)C)cc1. The maximum absolute atomic E-state index is 12.0. The molecule has 2 aromatic carbocycles. The molecule has 0 fully saturated rings. The van der Waals surface area contributed by atoms with E-state index in [9.17, 15) is 4.79 Å². The highest BCUT2D eigenvalue weighted by atomic mass is 16.1. The first-order valence-electron chi connectivity index (χ1n) is 7.41. The third kappa shape index (κ3) is 4.22. The molecule has 0 unspecified atom stereocenters. The van der Waals surface area contributed by atoms with Crippen molar-refractivity contribution in [3.8, 4) is 0 Å². The smallest absolute Gasteiger partial charge is 0.248 e. The zero-order valence-corrected chi connectivity index (χ0v) is 13.3. The van der Waals surface area contributed by atoms with Crippen molar-refractivity contribution >= 4 is 23.4 Å². The number of hydrogen-bond donors (Lipinski definition) is 2. The van der Waals surface area contributed by atoms with Gasteiger partial charge in [0.1, 0.15) is 0 Å². The Morgan fingerprint density at radius 1 is 1.14 bits per heavy atom. The van der Waals surface area contributed by atoms with Crippen LogP contribution in [0.5, 0.6) is 0 Å². The van der Waals surface area contributed by atoms with Crippen LogP contribution in [0, 0.1) is 6.92 Å². The first-order chi connectivity index (χ1) is 10.5. The Kier molecular flexibility index (Phi) is 4.99. The zero-order chi connectivity index (χ0) is 16.1. The molecule has 2 rings (SSSR count). The minimum absolute atomic E-state index is 0.165. The molecule has 2 aromatic rings. The number of anilines is 2. The molecular formula is C19H22N2O. The van der Waals surface area contributed by atoms with E-state index in [0.717, 1.165) is 16.8 Å². The molecule has 114 valence electrons. The topological polar surface area (TPSA) is 55.1 Å². The predicted molar refractivity (Wildman–Crippen MR) is 93.8 cm³/mol. The number of carbonyl (C=O) groups excluding carboxylic acids is 1. The van der Waals surface area contributed by atoms with Crippen LogP contribution in [0.3, 0.4) is 0 Å². The second-order valence-corrected chi connectivity index (χ2v) is 5.72. The van der Waals surface area contributed by atoms with Crippen molar-refractivity contribution in [2.24, 2.45) is 0 Å². The average Bonchev–Trinajstić information content (AvgIpc) is 2.49. The van der Waals surface area contributed by atoms with Crippen LogP contribution in [-0.2, 0) is 4.79 Å². The lowest BCUT2D eigenvalue weighted by Crippen LogP contribution is -2.09. The van der Waals surface area contributed by atoms with Gasteiger partial charge in [0.2, 0.25) is 5.91 Å². The van der Waals surface area contributed by atoms with Gasteiger partial charge in [0, 0.05) is 17.5 Å². The average molecular weight is 294 g/mol. The molecule has 0 atom stereocenters. The van der Waals surface area contributed by atoms with Gasteiger partial charge < -0.3 is 11.1 Å². The van der Waals surface area contributed by atoms with Crippen molar-refractivity contribution in [2.75, 3.05) is 11.1 Å². The fourth-order valence-electron chi connectivity index (χ4n) is 2.11. The number of hydrogen-bond acceptors (Lipinski definition) is 2. The van der Waals surface area contributed by atoms with E-state index >= 15 is 0 Å². The molecule has 0 bridgehead atoms. The molecule has 3 N–H and O–H groups in total. The van der Waals surface area contributed by atoms with Crippen LogP contribution in [0.1, 0.15) is 36.5 Å². The number of aryl methyl sites for hydroxylation is 1. The Labute approximate surface area is 131 Å². The standard InChI is InChI=1S/C19H22N2O/c1-13(2)16-8-5-15(6-9-16)7-11-19(22)21-18-12-17(20)10-4-14(18)3/h4-13H,20H2,1-3H3,(H,21,22)/b11-7+. The summed E-state index contributed by atoms with van der Waals surface area (Å²) >= 11 is 0. The molecule has 0 saturated carbocycles. The Bertz CT molecular complexity index is 685. The van der Waals surface area contributed by atoms with E-state index in [1.807, 2.05) is 31.2 Å². The van der Waals surface area contributed by atoms with E-state index in [1.165, 1.54) is 11.6 Å². The third-order valence-electron chi connectivity index (χ3n) is 3.55. The summed E-state index contributed by atoms with van der Waals surface area (Å²) in [6, 6.07) is 13.7. The van der Waals surface area contributed by atoms with Crippen molar-refractivity contribution in [2.45, 2.75) is 26.7 Å². The van der Waals surface area contributed by atoms with Crippen LogP contribution in [-0.4, -0.2) is 5.91 Å². The Balaban J connectivity index is 2.03. The number of nitrogens with two attached hydrogens (primary N) is 1. The van der Waals surface area contributed by atoms with Gasteiger partial charge in [-0.05, 0) is 47.7 Å². The molecule has 0 aliphatic heterocycles. The van der Waals surface area contributed by atoms with Gasteiger partial charge >= 0.3 is 0 Å². The zero-order valence-electron chi connectivity index (χ0n) is 13.3. The van der Waals surface area contributed by atoms with E-state index in [1.54, 1.807) is 12.1 Å². The largest absolute Gasteiger partial charge is 0.399 e. The maximum Gasteiger partial charge on any atom is 0.248 e. The van der Waals surface area contributed by atoms with Crippen molar-refractivity contribution in [3.05, 3.63) is 65.2 Å². The summed E-state index contributed by atoms with van der Waals surface area (Å²) in [7, 11) is 0. The molecule has 0 saturated heterocycles. The number of amides is 1. The summed E-state index contributed by atoms with van der Waals surface area (Å²) in [4.78, 5) is 12.0. The molecule has 3 nitrogen and oxygen atoms in total. The molecule has 1 amide bonds. The number of benzene rings is 2. The lowest BCUT2D eigenvalue weighted by Gasteiger charge is -2.07. The second-order valence-electron chi connectivity index (χ2n) is 5.72. The third-order valence-corrected chi connectivity index (χ3v) is 3.55. The maximum atomic E-state index is 12.0. The van der Waals surface area contributed by atoms with Gasteiger partial charge in [-0.2, -0.15) is 0 Å². The van der Waals surface area contributed by atoms with Gasteiger partial charge in [-0.15, -0.1) is 0 Å². The molecule has 0 aliphatic rings. The van der Waals surface area contributed by atoms with Crippen molar-refractivity contribution in [1.29, 1.82) is 0 Å². The van der Waals surface area contributed by atoms with Gasteiger partial charge in [-0.1, -0.05) is 44.2 Å². The highest BCUT2D eigenvalue weighted by molar-refractivity contribution is 6.02. The van der Waals surface area contributed by atoms with Crippen molar-refractivity contribution < 1.29 is 4.79 Å². The van der Waals surface area contributed by atoms with E-state index in [-0.39, 0.29) is 5.91 Å². The monoisotopic (exact) mass is 294 g/mol. The highest BCUT2D eigenvalue weighted by Crippen LogP contribution is 2.18. The van der Waals surface area contributed by atoms with Crippen LogP contribution < -0.4 is 11.1 Å². The van der Waals surface area contributed by atoms with Crippen LogP contribution in [0.25, 0.3) is 6.08 Å². The minimum atomic E-state index is -0.165. The minimum Gasteiger partial charge on any atom is -0.399 e. The molecular weight excluding hydrogens is 272 g/mol. The van der Waals surface area contributed by atoms with Gasteiger partial charge in [0.05, 0.1) is 0 Å². The van der Waals surface area contributed by atoms with Gasteiger partial charge in [-0.3, -0.25) is 4.79 Å². The van der Waals surface area contributed by atoms with E-state index in [4.69, 9.17) is 5.73 Å². The van der Waals surface area contributed by atoms with Crippen LogP contribution in [0.2, 0.25) is 0 Å². The first-order valence-corrected chi connectivity index (χ1v) is 7.41. The Morgan fingerprint density at radius 3 is 2.45 bits per heavy atom. The molecule has 22 heavy (non-hydrogen) atoms. The fraction of sp³-hybridized carbons (Fsp3) is 0.211. The highest BCUT2D eigenvalue weighted by Gasteiger charge is 2.02. The van der Waals surface area contributed by atoms with Crippen LogP contribution >= 0.6 is 0 Å². The van der Waals surface area contributed by atoms with Gasteiger partial charge in [0.25, 0.3) is 0 Å². The Morgan fingerprint density at radius 2 is 1.82 bits per heavy atom. The second kappa shape index (κ2) is 6.94. The molecule has 0 aliphatic carbocycles. The summed E-state index contributed by atoms with van der Waals surface area (Å²) in [6.07, 6.45) is 3.34. The summed E-state index contributed by atoms with van der Waals surface area (Å²) in [6.45, 7) is 6.25. The molecule has 0 spiro atoms. The summed E-state index contributed by atoms with van der Waals surface area (Å²) in [5.74, 6) is 0.342. The van der Waals surface area contributed by atoms with Crippen molar-refractivity contribution in [3.63, 3.8) is 0 Å². The molecule has 0 aromatic heterocycles. The quantitative estimate of drug-likeness (QED) is 0.650. The van der Waals surface area contributed by atoms with E-state index in [0.29, 0.717) is 11.6 Å². The van der Waals surface area contributed by atoms with Gasteiger partial charge in [0.15, 0.2) is 0 Å². The number of rotatable bonds is 4. The van der Waals surface area contributed by atoms with Crippen LogP contribution in [0.4, 0.5) is 11.4 Å². The molecule has 0 heterocycles. The van der Waals surface area contributed by atoms with Crippen molar-refractivity contribution in [1.82, 2.24) is 0 Å². The fourth-order valence-corrected chi connectivity index (χ4v) is 2.11.